The number of furan rings is 1. The van der Waals surface area contributed by atoms with Gasteiger partial charge in [-0.05, 0) is 30.7 Å². The van der Waals surface area contributed by atoms with E-state index in [0.29, 0.717) is 5.76 Å². The number of pyridine rings is 1. The number of aromatic nitrogens is 1. The van der Waals surface area contributed by atoms with Crippen LogP contribution in [-0.2, 0) is 0 Å². The molecule has 0 fully saturated rings. The molecule has 16 heavy (non-hydrogen) atoms. The minimum atomic E-state index is -0.648. The van der Waals surface area contributed by atoms with Crippen LogP contribution in [0.4, 0.5) is 0 Å². The van der Waals surface area contributed by atoms with E-state index in [1.807, 2.05) is 38.1 Å². The summed E-state index contributed by atoms with van der Waals surface area (Å²) in [4.78, 5) is 4.24. The lowest BCUT2D eigenvalue weighted by atomic mass is 9.97. The Balaban J connectivity index is 2.23. The van der Waals surface area contributed by atoms with Gasteiger partial charge in [0.25, 0.3) is 0 Å². The molecular formula is C13H15NO2. The number of rotatable bonds is 3. The molecule has 0 saturated carbocycles. The smallest absolute Gasteiger partial charge is 0.135 e. The molecule has 2 heterocycles. The maximum Gasteiger partial charge on any atom is 0.135 e. The lowest BCUT2D eigenvalue weighted by Crippen LogP contribution is -2.09. The van der Waals surface area contributed by atoms with E-state index < -0.39 is 6.10 Å². The standard InChI is InChI=1S/C13H15NO2/c1-9-6-8-16-13(9)12(15)10(2)11-5-3-4-7-14-11/h3-8,10,12,15H,1-2H3. The van der Waals surface area contributed by atoms with Crippen LogP contribution < -0.4 is 0 Å². The Labute approximate surface area is 94.8 Å². The van der Waals surface area contributed by atoms with Crippen molar-refractivity contribution in [3.8, 4) is 0 Å². The second-order valence-corrected chi connectivity index (χ2v) is 3.96. The summed E-state index contributed by atoms with van der Waals surface area (Å²) in [5.41, 5.74) is 1.83. The molecule has 3 heteroatoms. The zero-order valence-corrected chi connectivity index (χ0v) is 9.42. The van der Waals surface area contributed by atoms with Crippen molar-refractivity contribution in [2.75, 3.05) is 0 Å². The zero-order valence-electron chi connectivity index (χ0n) is 9.42. The van der Waals surface area contributed by atoms with Crippen LogP contribution in [0.1, 0.15) is 36.0 Å². The molecule has 0 aliphatic carbocycles. The molecule has 3 nitrogen and oxygen atoms in total. The fraction of sp³-hybridized carbons (Fsp3) is 0.308. The molecule has 2 aromatic heterocycles. The van der Waals surface area contributed by atoms with E-state index in [4.69, 9.17) is 4.42 Å². The van der Waals surface area contributed by atoms with Gasteiger partial charge in [0.2, 0.25) is 0 Å². The zero-order chi connectivity index (χ0) is 11.5. The Bertz CT molecular complexity index is 450. The highest BCUT2D eigenvalue weighted by molar-refractivity contribution is 5.21. The van der Waals surface area contributed by atoms with E-state index in [0.717, 1.165) is 11.3 Å². The Morgan fingerprint density at radius 1 is 1.31 bits per heavy atom. The first-order chi connectivity index (χ1) is 7.70. The molecule has 0 bridgehead atoms. The second kappa shape index (κ2) is 4.49. The first-order valence-electron chi connectivity index (χ1n) is 5.33. The number of aliphatic hydroxyl groups is 1. The van der Waals surface area contributed by atoms with Gasteiger partial charge in [-0.1, -0.05) is 13.0 Å². The van der Waals surface area contributed by atoms with Crippen molar-refractivity contribution in [2.45, 2.75) is 25.9 Å². The molecule has 0 radical (unpaired) electrons. The van der Waals surface area contributed by atoms with Crippen molar-refractivity contribution in [3.63, 3.8) is 0 Å². The number of hydrogen-bond acceptors (Lipinski definition) is 3. The lowest BCUT2D eigenvalue weighted by molar-refractivity contribution is 0.123. The Hall–Kier alpha value is -1.61. The van der Waals surface area contributed by atoms with Crippen LogP contribution >= 0.6 is 0 Å². The molecule has 0 aliphatic rings. The van der Waals surface area contributed by atoms with Crippen molar-refractivity contribution in [2.24, 2.45) is 0 Å². The third-order valence-electron chi connectivity index (χ3n) is 2.80. The van der Waals surface area contributed by atoms with E-state index in [9.17, 15) is 5.11 Å². The first kappa shape index (κ1) is 10.9. The molecule has 0 amide bonds. The van der Waals surface area contributed by atoms with Crippen molar-refractivity contribution in [1.29, 1.82) is 0 Å². The van der Waals surface area contributed by atoms with E-state index in [2.05, 4.69) is 4.98 Å². The van der Waals surface area contributed by atoms with Gasteiger partial charge in [0.1, 0.15) is 11.9 Å². The largest absolute Gasteiger partial charge is 0.466 e. The van der Waals surface area contributed by atoms with Gasteiger partial charge in [-0.15, -0.1) is 0 Å². The molecular weight excluding hydrogens is 202 g/mol. The van der Waals surface area contributed by atoms with Crippen LogP contribution in [0.25, 0.3) is 0 Å². The van der Waals surface area contributed by atoms with Gasteiger partial charge in [0.15, 0.2) is 0 Å². The Morgan fingerprint density at radius 2 is 2.12 bits per heavy atom. The molecule has 0 aromatic carbocycles. The third-order valence-corrected chi connectivity index (χ3v) is 2.80. The topological polar surface area (TPSA) is 46.3 Å². The molecule has 2 atom stereocenters. The van der Waals surface area contributed by atoms with Crippen molar-refractivity contribution in [3.05, 3.63) is 53.7 Å². The van der Waals surface area contributed by atoms with Gasteiger partial charge >= 0.3 is 0 Å². The van der Waals surface area contributed by atoms with Crippen LogP contribution in [0.2, 0.25) is 0 Å². The molecule has 0 aliphatic heterocycles. The molecule has 2 aromatic rings. The van der Waals surface area contributed by atoms with Crippen LogP contribution in [0.5, 0.6) is 0 Å². The molecule has 0 spiro atoms. The van der Waals surface area contributed by atoms with Crippen LogP contribution in [0, 0.1) is 6.92 Å². The Kier molecular flexibility index (Phi) is 3.06. The van der Waals surface area contributed by atoms with Gasteiger partial charge in [-0.3, -0.25) is 4.98 Å². The monoisotopic (exact) mass is 217 g/mol. The van der Waals surface area contributed by atoms with Gasteiger partial charge < -0.3 is 9.52 Å². The maximum atomic E-state index is 10.2. The normalized spacial score (nSPS) is 14.7. The molecule has 2 rings (SSSR count). The fourth-order valence-electron chi connectivity index (χ4n) is 1.72. The fourth-order valence-corrected chi connectivity index (χ4v) is 1.72. The lowest BCUT2D eigenvalue weighted by Gasteiger charge is -2.16. The van der Waals surface area contributed by atoms with Crippen molar-refractivity contribution >= 4 is 0 Å². The SMILES string of the molecule is Cc1ccoc1C(O)C(C)c1ccccn1. The van der Waals surface area contributed by atoms with Gasteiger partial charge in [0, 0.05) is 17.8 Å². The summed E-state index contributed by atoms with van der Waals surface area (Å²) < 4.78 is 5.29. The summed E-state index contributed by atoms with van der Waals surface area (Å²) in [7, 11) is 0. The average molecular weight is 217 g/mol. The molecule has 2 unspecified atom stereocenters. The molecule has 84 valence electrons. The number of hydrogen-bond donors (Lipinski definition) is 1. The van der Waals surface area contributed by atoms with Crippen LogP contribution in [0.15, 0.2) is 41.1 Å². The minimum absolute atomic E-state index is 0.0777. The van der Waals surface area contributed by atoms with Crippen molar-refractivity contribution < 1.29 is 9.52 Å². The van der Waals surface area contributed by atoms with Crippen molar-refractivity contribution in [1.82, 2.24) is 4.98 Å². The summed E-state index contributed by atoms with van der Waals surface area (Å²) >= 11 is 0. The average Bonchev–Trinajstić information content (AvgIpc) is 2.75. The predicted octanol–water partition coefficient (Wildman–Crippen LogP) is 2.82. The number of aryl methyl sites for hydroxylation is 1. The summed E-state index contributed by atoms with van der Waals surface area (Å²) in [5.74, 6) is 0.546. The highest BCUT2D eigenvalue weighted by Crippen LogP contribution is 2.31. The number of aliphatic hydroxyl groups excluding tert-OH is 1. The van der Waals surface area contributed by atoms with Gasteiger partial charge in [-0.25, -0.2) is 0 Å². The quantitative estimate of drug-likeness (QED) is 0.859. The summed E-state index contributed by atoms with van der Waals surface area (Å²) in [6.45, 7) is 3.86. The van der Waals surface area contributed by atoms with E-state index in [1.54, 1.807) is 12.5 Å². The second-order valence-electron chi connectivity index (χ2n) is 3.96. The van der Waals surface area contributed by atoms with Gasteiger partial charge in [0.05, 0.1) is 6.26 Å². The summed E-state index contributed by atoms with van der Waals surface area (Å²) in [5, 5.41) is 10.2. The summed E-state index contributed by atoms with van der Waals surface area (Å²) in [6, 6.07) is 7.54. The Morgan fingerprint density at radius 3 is 2.69 bits per heavy atom. The first-order valence-corrected chi connectivity index (χ1v) is 5.33. The molecule has 1 N–H and O–H groups in total. The number of nitrogens with zero attached hydrogens (tertiary/aromatic N) is 1. The minimum Gasteiger partial charge on any atom is -0.466 e. The third kappa shape index (κ3) is 1.99. The van der Waals surface area contributed by atoms with E-state index in [-0.39, 0.29) is 5.92 Å². The summed E-state index contributed by atoms with van der Waals surface area (Å²) in [6.07, 6.45) is 2.68. The molecule has 0 saturated heterocycles. The highest BCUT2D eigenvalue weighted by Gasteiger charge is 2.23. The van der Waals surface area contributed by atoms with Gasteiger partial charge in [-0.2, -0.15) is 0 Å². The van der Waals surface area contributed by atoms with E-state index >= 15 is 0 Å². The predicted molar refractivity (Wildman–Crippen MR) is 61.1 cm³/mol. The van der Waals surface area contributed by atoms with E-state index in [1.165, 1.54) is 0 Å². The maximum absolute atomic E-state index is 10.2. The highest BCUT2D eigenvalue weighted by atomic mass is 16.4. The van der Waals surface area contributed by atoms with Crippen LogP contribution in [-0.4, -0.2) is 10.1 Å². The van der Waals surface area contributed by atoms with Crippen LogP contribution in [0.3, 0.4) is 0 Å².